The lowest BCUT2D eigenvalue weighted by Crippen LogP contribution is -2.39. The lowest BCUT2D eigenvalue weighted by molar-refractivity contribution is -0.121. The van der Waals surface area contributed by atoms with Crippen LogP contribution in [0.15, 0.2) is 23.1 Å². The fourth-order valence-corrected chi connectivity index (χ4v) is 2.82. The molecular formula is C12H17N3O4S. The Balaban J connectivity index is 2.11. The molecule has 0 atom stereocenters. The van der Waals surface area contributed by atoms with Crippen LogP contribution < -0.4 is 11.1 Å². The second-order valence-corrected chi connectivity index (χ2v) is 6.87. The number of nitrogens with one attached hydrogen (secondary N) is 1. The molecule has 110 valence electrons. The molecule has 8 heteroatoms. The molecule has 0 unspecified atom stereocenters. The molecule has 0 saturated heterocycles. The van der Waals surface area contributed by atoms with Crippen LogP contribution in [-0.2, 0) is 14.8 Å². The van der Waals surface area contributed by atoms with Crippen LogP contribution in [0.25, 0.3) is 0 Å². The molecular weight excluding hydrogens is 282 g/mol. The van der Waals surface area contributed by atoms with Gasteiger partial charge in [0.2, 0.25) is 15.9 Å². The van der Waals surface area contributed by atoms with Gasteiger partial charge in [-0.05, 0) is 31.0 Å². The third kappa shape index (κ3) is 3.20. The van der Waals surface area contributed by atoms with Crippen LogP contribution in [0.1, 0.15) is 12.8 Å². The molecule has 0 aliphatic heterocycles. The van der Waals surface area contributed by atoms with E-state index >= 15 is 0 Å². The van der Waals surface area contributed by atoms with Crippen LogP contribution in [0.5, 0.6) is 5.75 Å². The van der Waals surface area contributed by atoms with Gasteiger partial charge < -0.3 is 16.2 Å². The van der Waals surface area contributed by atoms with Crippen LogP contribution in [-0.4, -0.2) is 43.4 Å². The van der Waals surface area contributed by atoms with Crippen molar-refractivity contribution >= 4 is 21.6 Å². The molecule has 0 radical (unpaired) electrons. The SMILES string of the molecule is CN(CC(=O)NC1CC1)S(=O)(=O)c1ccc(O)c(N)c1. The first-order valence-corrected chi connectivity index (χ1v) is 7.59. The number of hydrogen-bond donors (Lipinski definition) is 3. The maximum atomic E-state index is 12.2. The van der Waals surface area contributed by atoms with Gasteiger partial charge in [-0.2, -0.15) is 4.31 Å². The smallest absolute Gasteiger partial charge is 0.243 e. The van der Waals surface area contributed by atoms with Gasteiger partial charge in [-0.25, -0.2) is 8.42 Å². The molecule has 1 aromatic rings. The van der Waals surface area contributed by atoms with Crippen LogP contribution >= 0.6 is 0 Å². The summed E-state index contributed by atoms with van der Waals surface area (Å²) < 4.78 is 25.4. The predicted octanol–water partition coefficient (Wildman–Crippen LogP) is -0.126. The van der Waals surface area contributed by atoms with Crippen LogP contribution in [0.4, 0.5) is 5.69 Å². The molecule has 7 nitrogen and oxygen atoms in total. The van der Waals surface area contributed by atoms with Crippen molar-refractivity contribution in [3.63, 3.8) is 0 Å². The molecule has 0 bridgehead atoms. The molecule has 1 aromatic carbocycles. The monoisotopic (exact) mass is 299 g/mol. The average Bonchev–Trinajstić information content (AvgIpc) is 3.16. The van der Waals surface area contributed by atoms with E-state index in [2.05, 4.69) is 5.32 Å². The van der Waals surface area contributed by atoms with Crippen LogP contribution in [0.2, 0.25) is 0 Å². The molecule has 2 rings (SSSR count). The Morgan fingerprint density at radius 3 is 2.70 bits per heavy atom. The summed E-state index contributed by atoms with van der Waals surface area (Å²) in [5.41, 5.74) is 5.45. The van der Waals surface area contributed by atoms with E-state index in [4.69, 9.17) is 5.73 Å². The lowest BCUT2D eigenvalue weighted by atomic mass is 10.3. The van der Waals surface area contributed by atoms with E-state index in [-0.39, 0.29) is 34.8 Å². The summed E-state index contributed by atoms with van der Waals surface area (Å²) in [6, 6.07) is 3.80. The van der Waals surface area contributed by atoms with Crippen molar-refractivity contribution in [2.45, 2.75) is 23.8 Å². The van der Waals surface area contributed by atoms with Gasteiger partial charge >= 0.3 is 0 Å². The first kappa shape index (κ1) is 14.6. The molecule has 4 N–H and O–H groups in total. The van der Waals surface area contributed by atoms with Crippen molar-refractivity contribution in [3.8, 4) is 5.75 Å². The first-order chi connectivity index (χ1) is 9.30. The number of phenolic OH excluding ortho intramolecular Hbond substituents is 1. The summed E-state index contributed by atoms with van der Waals surface area (Å²) in [4.78, 5) is 11.6. The minimum atomic E-state index is -3.81. The quantitative estimate of drug-likeness (QED) is 0.518. The molecule has 0 heterocycles. The number of rotatable bonds is 5. The highest BCUT2D eigenvalue weighted by atomic mass is 32.2. The Labute approximate surface area is 117 Å². The number of hydrogen-bond acceptors (Lipinski definition) is 5. The molecule has 0 spiro atoms. The summed E-state index contributed by atoms with van der Waals surface area (Å²) in [6.07, 6.45) is 1.88. The molecule has 1 aliphatic rings. The topological polar surface area (TPSA) is 113 Å². The van der Waals surface area contributed by atoms with Crippen LogP contribution in [0.3, 0.4) is 0 Å². The number of carbonyl (C=O) groups is 1. The Bertz CT molecular complexity index is 626. The first-order valence-electron chi connectivity index (χ1n) is 6.15. The maximum Gasteiger partial charge on any atom is 0.243 e. The minimum absolute atomic E-state index is 0.0260. The third-order valence-corrected chi connectivity index (χ3v) is 4.82. The Morgan fingerprint density at radius 2 is 2.15 bits per heavy atom. The van der Waals surface area contributed by atoms with Crippen molar-refractivity contribution in [1.82, 2.24) is 9.62 Å². The second-order valence-electron chi connectivity index (χ2n) is 4.82. The highest BCUT2D eigenvalue weighted by Gasteiger charge is 2.27. The second kappa shape index (κ2) is 5.29. The Kier molecular flexibility index (Phi) is 3.87. The van der Waals surface area contributed by atoms with E-state index in [1.807, 2.05) is 0 Å². The average molecular weight is 299 g/mol. The predicted molar refractivity (Wildman–Crippen MR) is 73.5 cm³/mol. The number of carbonyl (C=O) groups excluding carboxylic acids is 1. The summed E-state index contributed by atoms with van der Waals surface area (Å²) >= 11 is 0. The number of aromatic hydroxyl groups is 1. The summed E-state index contributed by atoms with van der Waals surface area (Å²) in [7, 11) is -2.48. The third-order valence-electron chi connectivity index (χ3n) is 3.02. The Morgan fingerprint density at radius 1 is 1.50 bits per heavy atom. The van der Waals surface area contributed by atoms with Gasteiger partial charge in [0, 0.05) is 13.1 Å². The van der Waals surface area contributed by atoms with Gasteiger partial charge in [-0.3, -0.25) is 4.79 Å². The number of anilines is 1. The molecule has 20 heavy (non-hydrogen) atoms. The normalized spacial score (nSPS) is 15.3. The number of phenols is 1. The lowest BCUT2D eigenvalue weighted by Gasteiger charge is -2.17. The number of sulfonamides is 1. The molecule has 1 amide bonds. The van der Waals surface area contributed by atoms with E-state index < -0.39 is 10.0 Å². The summed E-state index contributed by atoms with van der Waals surface area (Å²) in [5.74, 6) is -0.511. The van der Waals surface area contributed by atoms with E-state index in [0.717, 1.165) is 17.1 Å². The van der Waals surface area contributed by atoms with E-state index in [1.54, 1.807) is 0 Å². The van der Waals surface area contributed by atoms with E-state index in [0.29, 0.717) is 0 Å². The highest BCUT2D eigenvalue weighted by molar-refractivity contribution is 7.89. The number of likely N-dealkylation sites (N-methyl/N-ethyl adjacent to an activating group) is 1. The van der Waals surface area contributed by atoms with Gasteiger partial charge in [0.15, 0.2) is 0 Å². The standard InChI is InChI=1S/C12H17N3O4S/c1-15(7-12(17)14-8-2-3-8)20(18,19)9-4-5-11(16)10(13)6-9/h4-6,8,16H,2-3,7,13H2,1H3,(H,14,17). The van der Waals surface area contributed by atoms with E-state index in [1.165, 1.54) is 25.2 Å². The van der Waals surface area contributed by atoms with Gasteiger partial charge in [-0.1, -0.05) is 0 Å². The van der Waals surface area contributed by atoms with E-state index in [9.17, 15) is 18.3 Å². The number of nitrogens with two attached hydrogens (primary N) is 1. The number of nitrogens with zero attached hydrogens (tertiary/aromatic N) is 1. The van der Waals surface area contributed by atoms with Gasteiger partial charge in [0.1, 0.15) is 5.75 Å². The van der Waals surface area contributed by atoms with Gasteiger partial charge in [0.05, 0.1) is 17.1 Å². The number of amides is 1. The van der Waals surface area contributed by atoms with Crippen molar-refractivity contribution in [3.05, 3.63) is 18.2 Å². The zero-order valence-corrected chi connectivity index (χ0v) is 11.9. The van der Waals surface area contributed by atoms with Crippen molar-refractivity contribution in [1.29, 1.82) is 0 Å². The summed E-state index contributed by atoms with van der Waals surface area (Å²) in [5, 5.41) is 12.0. The fraction of sp³-hybridized carbons (Fsp3) is 0.417. The minimum Gasteiger partial charge on any atom is -0.506 e. The molecule has 0 aromatic heterocycles. The van der Waals surface area contributed by atoms with Crippen LogP contribution in [0, 0.1) is 0 Å². The van der Waals surface area contributed by atoms with Gasteiger partial charge in [-0.15, -0.1) is 0 Å². The molecule has 1 aliphatic carbocycles. The fourth-order valence-electron chi connectivity index (χ4n) is 1.66. The number of nitrogen functional groups attached to an aromatic ring is 1. The van der Waals surface area contributed by atoms with Crippen molar-refractivity contribution < 1.29 is 18.3 Å². The Hall–Kier alpha value is -1.80. The number of benzene rings is 1. The van der Waals surface area contributed by atoms with Crippen molar-refractivity contribution in [2.24, 2.45) is 0 Å². The largest absolute Gasteiger partial charge is 0.506 e. The van der Waals surface area contributed by atoms with Crippen molar-refractivity contribution in [2.75, 3.05) is 19.3 Å². The summed E-state index contributed by atoms with van der Waals surface area (Å²) in [6.45, 7) is -0.250. The molecule has 1 saturated carbocycles. The van der Waals surface area contributed by atoms with Gasteiger partial charge in [0.25, 0.3) is 0 Å². The molecule has 1 fully saturated rings. The maximum absolute atomic E-state index is 12.2. The zero-order chi connectivity index (χ0) is 14.9. The zero-order valence-electron chi connectivity index (χ0n) is 11.0. The highest BCUT2D eigenvalue weighted by Crippen LogP contribution is 2.25.